The van der Waals surface area contributed by atoms with E-state index in [-0.39, 0.29) is 24.3 Å². The summed E-state index contributed by atoms with van der Waals surface area (Å²) < 4.78 is 15.8. The fourth-order valence-electron chi connectivity index (χ4n) is 2.96. The first-order valence-electron chi connectivity index (χ1n) is 8.22. The van der Waals surface area contributed by atoms with E-state index in [1.807, 2.05) is 0 Å². The molecule has 1 atom stereocenters. The molecule has 2 rings (SSSR count). The predicted octanol–water partition coefficient (Wildman–Crippen LogP) is 2.49. The molecule has 0 saturated heterocycles. The molecule has 0 saturated carbocycles. The number of aromatic amines is 1. The zero-order valence-electron chi connectivity index (χ0n) is 15.3. The molecule has 1 aromatic heterocycles. The Morgan fingerprint density at radius 1 is 1.27 bits per heavy atom. The van der Waals surface area contributed by atoms with Gasteiger partial charge in [-0.2, -0.15) is 0 Å². The van der Waals surface area contributed by atoms with Crippen LogP contribution in [-0.4, -0.2) is 36.9 Å². The lowest BCUT2D eigenvalue weighted by Crippen LogP contribution is -2.21. The van der Waals surface area contributed by atoms with Crippen molar-refractivity contribution in [1.82, 2.24) is 4.98 Å². The highest BCUT2D eigenvalue weighted by Gasteiger charge is 2.29. The number of nitrogens with one attached hydrogen (secondary N) is 1. The maximum absolute atomic E-state index is 12.5. The molecule has 26 heavy (non-hydrogen) atoms. The van der Waals surface area contributed by atoms with Gasteiger partial charge in [-0.05, 0) is 26.0 Å². The number of H-pyrrole nitrogens is 1. The van der Waals surface area contributed by atoms with E-state index in [1.54, 1.807) is 32.0 Å². The number of para-hydroxylation sites is 1. The van der Waals surface area contributed by atoms with Crippen LogP contribution >= 0.6 is 0 Å². The van der Waals surface area contributed by atoms with Crippen molar-refractivity contribution in [2.24, 2.45) is 0 Å². The van der Waals surface area contributed by atoms with Crippen LogP contribution in [0.25, 0.3) is 0 Å². The molecule has 0 bridgehead atoms. The number of ether oxygens (including phenoxy) is 3. The van der Waals surface area contributed by atoms with E-state index in [1.165, 1.54) is 20.3 Å². The molecule has 1 heterocycles. The normalized spacial score (nSPS) is 11.7. The second-order valence-electron chi connectivity index (χ2n) is 5.72. The summed E-state index contributed by atoms with van der Waals surface area (Å²) >= 11 is 0. The Balaban J connectivity index is 2.67. The summed E-state index contributed by atoms with van der Waals surface area (Å²) in [6.07, 6.45) is -0.128. The van der Waals surface area contributed by atoms with Gasteiger partial charge in [-0.25, -0.2) is 0 Å². The van der Waals surface area contributed by atoms with Gasteiger partial charge in [-0.3, -0.25) is 9.59 Å². The van der Waals surface area contributed by atoms with Crippen molar-refractivity contribution in [2.75, 3.05) is 20.8 Å². The van der Waals surface area contributed by atoms with Crippen LogP contribution in [-0.2, 0) is 9.53 Å². The minimum absolute atomic E-state index is 0.0789. The second kappa shape index (κ2) is 8.42. The van der Waals surface area contributed by atoms with Gasteiger partial charge >= 0.3 is 5.97 Å². The molecule has 0 aliphatic heterocycles. The van der Waals surface area contributed by atoms with Gasteiger partial charge in [-0.15, -0.1) is 0 Å². The highest BCUT2D eigenvalue weighted by Crippen LogP contribution is 2.41. The summed E-state index contributed by atoms with van der Waals surface area (Å²) in [5.41, 5.74) is 0.671. The first-order valence-corrected chi connectivity index (χ1v) is 8.22. The molecular weight excluding hydrogens is 338 g/mol. The van der Waals surface area contributed by atoms with E-state index in [2.05, 4.69) is 4.98 Å². The Bertz CT molecular complexity index is 842. The van der Waals surface area contributed by atoms with E-state index in [4.69, 9.17) is 14.2 Å². The Morgan fingerprint density at radius 2 is 2.00 bits per heavy atom. The zero-order chi connectivity index (χ0) is 19.3. The summed E-state index contributed by atoms with van der Waals surface area (Å²) in [4.78, 5) is 27.3. The maximum atomic E-state index is 12.5. The molecule has 7 heteroatoms. The van der Waals surface area contributed by atoms with Gasteiger partial charge in [0, 0.05) is 17.2 Å². The van der Waals surface area contributed by atoms with Gasteiger partial charge in [0.1, 0.15) is 5.75 Å². The molecule has 2 aromatic rings. The third kappa shape index (κ3) is 3.99. The minimum Gasteiger partial charge on any atom is -0.507 e. The third-order valence-corrected chi connectivity index (χ3v) is 4.02. The van der Waals surface area contributed by atoms with E-state index in [0.29, 0.717) is 22.8 Å². The van der Waals surface area contributed by atoms with Gasteiger partial charge in [0.25, 0.3) is 5.56 Å². The average Bonchev–Trinajstić information content (AvgIpc) is 2.59. The molecular formula is C19H23NO6. The fraction of sp³-hybridized carbons (Fsp3) is 0.368. The van der Waals surface area contributed by atoms with Gasteiger partial charge < -0.3 is 24.3 Å². The number of aromatic nitrogens is 1. The number of hydrogen-bond donors (Lipinski definition) is 2. The van der Waals surface area contributed by atoms with Crippen molar-refractivity contribution >= 4 is 5.97 Å². The van der Waals surface area contributed by atoms with Crippen LogP contribution in [0.5, 0.6) is 17.2 Å². The lowest BCUT2D eigenvalue weighted by molar-refractivity contribution is -0.143. The molecule has 1 aromatic carbocycles. The number of pyridine rings is 1. The predicted molar refractivity (Wildman–Crippen MR) is 96.1 cm³/mol. The molecule has 140 valence electrons. The van der Waals surface area contributed by atoms with Crippen molar-refractivity contribution in [2.45, 2.75) is 26.2 Å². The van der Waals surface area contributed by atoms with Gasteiger partial charge in [0.15, 0.2) is 11.5 Å². The van der Waals surface area contributed by atoms with E-state index >= 15 is 0 Å². The highest BCUT2D eigenvalue weighted by molar-refractivity contribution is 5.72. The van der Waals surface area contributed by atoms with Gasteiger partial charge in [-0.1, -0.05) is 12.1 Å². The highest BCUT2D eigenvalue weighted by atomic mass is 16.5. The zero-order valence-corrected chi connectivity index (χ0v) is 15.3. The van der Waals surface area contributed by atoms with Crippen molar-refractivity contribution in [3.05, 3.63) is 51.4 Å². The summed E-state index contributed by atoms with van der Waals surface area (Å²) in [5.74, 6) is -0.582. The Morgan fingerprint density at radius 3 is 2.58 bits per heavy atom. The van der Waals surface area contributed by atoms with Crippen LogP contribution in [0, 0.1) is 6.92 Å². The molecule has 0 spiro atoms. The number of carbonyl (C=O) groups is 1. The van der Waals surface area contributed by atoms with E-state index < -0.39 is 17.4 Å². The lowest BCUT2D eigenvalue weighted by Gasteiger charge is -2.21. The standard InChI is InChI=1S/C19H23NO6/c1-5-26-16(22)10-13(17-14(21)9-11(2)20-19(17)23)12-7-6-8-15(24-3)18(12)25-4/h6-9,13H,5,10H2,1-4H3,(H2,20,21,23). The molecule has 2 N–H and O–H groups in total. The van der Waals surface area contributed by atoms with Crippen LogP contribution in [0.15, 0.2) is 29.1 Å². The Kier molecular flexibility index (Phi) is 6.27. The summed E-state index contributed by atoms with van der Waals surface area (Å²) in [6.45, 7) is 3.59. The van der Waals surface area contributed by atoms with Gasteiger partial charge in [0.2, 0.25) is 0 Å². The average molecular weight is 361 g/mol. The largest absolute Gasteiger partial charge is 0.507 e. The first kappa shape index (κ1) is 19.4. The quantitative estimate of drug-likeness (QED) is 0.735. The van der Waals surface area contributed by atoms with Crippen molar-refractivity contribution in [3.8, 4) is 17.2 Å². The van der Waals surface area contributed by atoms with Crippen LogP contribution in [0.3, 0.4) is 0 Å². The number of esters is 1. The summed E-state index contributed by atoms with van der Waals surface area (Å²) in [6, 6.07) is 6.61. The summed E-state index contributed by atoms with van der Waals surface area (Å²) in [5, 5.41) is 10.4. The number of aryl methyl sites for hydroxylation is 1. The number of aromatic hydroxyl groups is 1. The lowest BCUT2D eigenvalue weighted by atomic mass is 9.87. The topological polar surface area (TPSA) is 97.8 Å². The van der Waals surface area contributed by atoms with Crippen molar-refractivity contribution in [3.63, 3.8) is 0 Å². The molecule has 0 fully saturated rings. The number of benzene rings is 1. The van der Waals surface area contributed by atoms with Crippen LogP contribution in [0.2, 0.25) is 0 Å². The molecule has 0 amide bonds. The van der Waals surface area contributed by atoms with Crippen molar-refractivity contribution < 1.29 is 24.1 Å². The molecule has 0 aliphatic carbocycles. The smallest absolute Gasteiger partial charge is 0.306 e. The van der Waals surface area contributed by atoms with Crippen molar-refractivity contribution in [1.29, 1.82) is 0 Å². The summed E-state index contributed by atoms with van der Waals surface area (Å²) in [7, 11) is 2.97. The van der Waals surface area contributed by atoms with Gasteiger partial charge in [0.05, 0.1) is 32.8 Å². The Labute approximate surface area is 151 Å². The monoisotopic (exact) mass is 361 g/mol. The number of methoxy groups -OCH3 is 2. The van der Waals surface area contributed by atoms with Crippen LogP contribution < -0.4 is 15.0 Å². The van der Waals surface area contributed by atoms with Crippen LogP contribution in [0.4, 0.5) is 0 Å². The van der Waals surface area contributed by atoms with E-state index in [0.717, 1.165) is 0 Å². The van der Waals surface area contributed by atoms with Crippen LogP contribution in [0.1, 0.15) is 36.1 Å². The molecule has 1 unspecified atom stereocenters. The second-order valence-corrected chi connectivity index (χ2v) is 5.72. The molecule has 0 aliphatic rings. The number of rotatable bonds is 7. The SMILES string of the molecule is CCOC(=O)CC(c1cccc(OC)c1OC)c1c(O)cc(C)[nH]c1=O. The Hall–Kier alpha value is -2.96. The fourth-order valence-corrected chi connectivity index (χ4v) is 2.96. The molecule has 0 radical (unpaired) electrons. The number of carbonyl (C=O) groups excluding carboxylic acids is 1. The minimum atomic E-state index is -0.761. The number of hydrogen-bond acceptors (Lipinski definition) is 6. The third-order valence-electron chi connectivity index (χ3n) is 4.02. The van der Waals surface area contributed by atoms with E-state index in [9.17, 15) is 14.7 Å². The first-order chi connectivity index (χ1) is 12.4. The maximum Gasteiger partial charge on any atom is 0.306 e. The molecule has 7 nitrogen and oxygen atoms in total.